The van der Waals surface area contributed by atoms with Crippen molar-refractivity contribution >= 4 is 23.7 Å². The predicted molar refractivity (Wildman–Crippen MR) is 132 cm³/mol. The molecule has 1 aliphatic heterocycles. The number of rotatable bonds is 7. The van der Waals surface area contributed by atoms with Crippen LogP contribution in [0.4, 0.5) is 14.9 Å². The number of halogens is 1. The average molecular weight is 496 g/mol. The van der Waals surface area contributed by atoms with Crippen LogP contribution in [-0.2, 0) is 9.59 Å². The lowest BCUT2D eigenvalue weighted by atomic mass is 9.78. The number of fused-ring (bicyclic) bond motifs is 2. The van der Waals surface area contributed by atoms with Gasteiger partial charge in [-0.25, -0.2) is 4.39 Å². The maximum Gasteiger partial charge on any atom is 0.519 e. The van der Waals surface area contributed by atoms with Gasteiger partial charge in [0.25, 0.3) is 0 Å². The van der Waals surface area contributed by atoms with Gasteiger partial charge in [-0.2, -0.15) is 9.28 Å². The number of para-hydroxylation sites is 1. The summed E-state index contributed by atoms with van der Waals surface area (Å²) >= 11 is 0. The summed E-state index contributed by atoms with van der Waals surface area (Å²) in [5.74, 6) is -1.62. The van der Waals surface area contributed by atoms with E-state index in [1.165, 1.54) is 12.1 Å². The van der Waals surface area contributed by atoms with Crippen LogP contribution in [0.3, 0.4) is 0 Å². The number of hydrogen-bond donors (Lipinski definition) is 2. The number of carboxylic acids is 1. The van der Waals surface area contributed by atoms with Gasteiger partial charge in [-0.05, 0) is 44.7 Å². The molecule has 0 spiro atoms. The van der Waals surface area contributed by atoms with Crippen LogP contribution in [0.1, 0.15) is 75.1 Å². The van der Waals surface area contributed by atoms with Crippen LogP contribution >= 0.6 is 0 Å². The molecule has 8 heteroatoms. The number of benzene rings is 2. The van der Waals surface area contributed by atoms with E-state index in [2.05, 4.69) is 0 Å². The Hall–Kier alpha value is -3.26. The second-order valence-corrected chi connectivity index (χ2v) is 10.4. The number of nitrogens with zero attached hydrogens (tertiary/aromatic N) is 2. The highest BCUT2D eigenvalue weighted by atomic mass is 19.1. The maximum atomic E-state index is 13.7. The molecule has 0 bridgehead atoms. The highest BCUT2D eigenvalue weighted by Crippen LogP contribution is 2.58. The molecule has 3 aliphatic rings. The Kier molecular flexibility index (Phi) is 6.32. The monoisotopic (exact) mass is 495 g/mol. The van der Waals surface area contributed by atoms with Crippen molar-refractivity contribution < 1.29 is 29.0 Å². The summed E-state index contributed by atoms with van der Waals surface area (Å²) in [6, 6.07) is 12.6. The Bertz CT molecular complexity index is 1180. The number of carbonyl (C=O) groups is 3. The van der Waals surface area contributed by atoms with E-state index in [0.717, 1.165) is 36.8 Å². The van der Waals surface area contributed by atoms with E-state index in [-0.39, 0.29) is 53.1 Å². The topological polar surface area (TPSA) is 94.9 Å². The molecule has 0 saturated heterocycles. The minimum absolute atomic E-state index is 0.0601. The summed E-state index contributed by atoms with van der Waals surface area (Å²) in [4.78, 5) is 39.9. The fraction of sp³-hybridized carbons (Fsp3) is 0.464. The van der Waals surface area contributed by atoms with Gasteiger partial charge in [0.15, 0.2) is 0 Å². The molecule has 2 unspecified atom stereocenters. The Morgan fingerprint density at radius 2 is 1.69 bits per heavy atom. The largest absolute Gasteiger partial charge is 0.519 e. The molecular weight excluding hydrogens is 463 g/mol. The van der Waals surface area contributed by atoms with Crippen molar-refractivity contribution in [3.8, 4) is 0 Å². The lowest BCUT2D eigenvalue weighted by Gasteiger charge is -2.52. The minimum Gasteiger partial charge on any atom is -0.481 e. The highest BCUT2D eigenvalue weighted by molar-refractivity contribution is 5.86. The number of carboxylic acid groups (broad SMARTS) is 2. The highest BCUT2D eigenvalue weighted by Gasteiger charge is 2.63. The van der Waals surface area contributed by atoms with Crippen molar-refractivity contribution in [2.75, 3.05) is 0 Å². The molecule has 2 fully saturated rings. The molecule has 0 radical (unpaired) electrons. The molecule has 5 atom stereocenters. The van der Waals surface area contributed by atoms with E-state index in [1.807, 2.05) is 36.1 Å². The van der Waals surface area contributed by atoms with Gasteiger partial charge in [-0.3, -0.25) is 9.59 Å². The van der Waals surface area contributed by atoms with Crippen LogP contribution in [0, 0.1) is 11.7 Å². The molecule has 2 N–H and O–H groups in total. The van der Waals surface area contributed by atoms with Crippen molar-refractivity contribution in [3.05, 3.63) is 65.5 Å². The maximum absolute atomic E-state index is 13.7. The van der Waals surface area contributed by atoms with Gasteiger partial charge in [0, 0.05) is 42.0 Å². The van der Waals surface area contributed by atoms with Crippen molar-refractivity contribution in [1.29, 1.82) is 0 Å². The molecular formula is C28H32FN2O5+. The Morgan fingerprint density at radius 3 is 2.33 bits per heavy atom. The fourth-order valence-electron chi connectivity index (χ4n) is 6.85. The minimum atomic E-state index is -1.00. The van der Waals surface area contributed by atoms with Gasteiger partial charge in [0.2, 0.25) is 5.91 Å². The molecule has 2 saturated carbocycles. The van der Waals surface area contributed by atoms with Gasteiger partial charge in [-0.1, -0.05) is 30.3 Å². The molecule has 0 aromatic heterocycles. The number of aliphatic carboxylic acids is 1. The van der Waals surface area contributed by atoms with Crippen LogP contribution in [0.2, 0.25) is 0 Å². The van der Waals surface area contributed by atoms with E-state index in [1.54, 1.807) is 12.1 Å². The van der Waals surface area contributed by atoms with Crippen LogP contribution in [-0.4, -0.2) is 45.2 Å². The zero-order valence-corrected chi connectivity index (χ0v) is 20.3. The SMILES string of the molecule is CC(c1ccc(F)cc1)[N+]1(C(=O)O)c2ccccc2[C@H](N(C(=O)CCC(=O)O)C2CC2)[C@H]2CCC[C@H]21. The van der Waals surface area contributed by atoms with E-state index in [9.17, 15) is 29.0 Å². The number of amides is 2. The van der Waals surface area contributed by atoms with Gasteiger partial charge >= 0.3 is 12.1 Å². The zero-order chi connectivity index (χ0) is 25.6. The first-order valence-electron chi connectivity index (χ1n) is 12.8. The first kappa shape index (κ1) is 24.4. The molecule has 2 aromatic carbocycles. The average Bonchev–Trinajstić information content (AvgIpc) is 3.57. The molecule has 2 aromatic rings. The number of hydrogen-bond acceptors (Lipinski definition) is 3. The first-order valence-corrected chi connectivity index (χ1v) is 12.8. The molecule has 36 heavy (non-hydrogen) atoms. The Labute approximate surface area is 209 Å². The van der Waals surface area contributed by atoms with E-state index < -0.39 is 18.1 Å². The third-order valence-electron chi connectivity index (χ3n) is 8.47. The van der Waals surface area contributed by atoms with Crippen LogP contribution < -0.4 is 4.48 Å². The normalized spacial score (nSPS) is 27.6. The second kappa shape index (κ2) is 9.32. The summed E-state index contributed by atoms with van der Waals surface area (Å²) in [5.41, 5.74) is 2.23. The number of quaternary nitrogens is 1. The summed E-state index contributed by atoms with van der Waals surface area (Å²) in [6.07, 6.45) is 2.86. The summed E-state index contributed by atoms with van der Waals surface area (Å²) < 4.78 is 13.4. The quantitative estimate of drug-likeness (QED) is 0.484. The molecule has 2 aliphatic carbocycles. The Morgan fingerprint density at radius 1 is 1.00 bits per heavy atom. The van der Waals surface area contributed by atoms with Crippen LogP contribution in [0.15, 0.2) is 48.5 Å². The summed E-state index contributed by atoms with van der Waals surface area (Å²) in [5, 5.41) is 20.1. The van der Waals surface area contributed by atoms with Crippen LogP contribution in [0.5, 0.6) is 0 Å². The van der Waals surface area contributed by atoms with Crippen molar-refractivity contribution in [1.82, 2.24) is 9.38 Å². The lowest BCUT2D eigenvalue weighted by Crippen LogP contribution is -2.66. The van der Waals surface area contributed by atoms with Crippen LogP contribution in [0.25, 0.3) is 0 Å². The van der Waals surface area contributed by atoms with Gasteiger partial charge in [0.05, 0.1) is 12.5 Å². The van der Waals surface area contributed by atoms with Crippen molar-refractivity contribution in [2.24, 2.45) is 5.92 Å². The van der Waals surface area contributed by atoms with Gasteiger partial charge in [-0.15, -0.1) is 0 Å². The van der Waals surface area contributed by atoms with Gasteiger partial charge < -0.3 is 15.1 Å². The standard InChI is InChI=1S/C28H31FN2O5/c1-17(18-9-11-19(29)12-10-18)31(28(35)36)23-7-3-2-5-21(23)27(22-6-4-8-24(22)31)30(20-13-14-20)25(32)15-16-26(33)34/h2-3,5,7,9-12,17,20,22,24,27H,4,6,8,13-16H2,1H3,(H-,33,34,35,36)/p+1/t17?,22-,24+,27-,31?/m0/s1. The number of carbonyl (C=O) groups excluding carboxylic acids is 1. The van der Waals surface area contributed by atoms with Gasteiger partial charge in [0.1, 0.15) is 23.6 Å². The van der Waals surface area contributed by atoms with Crippen molar-refractivity contribution in [2.45, 2.75) is 76.0 Å². The predicted octanol–water partition coefficient (Wildman–Crippen LogP) is 5.65. The zero-order valence-electron chi connectivity index (χ0n) is 20.3. The molecule has 1 heterocycles. The Balaban J connectivity index is 1.66. The molecule has 190 valence electrons. The smallest absolute Gasteiger partial charge is 0.481 e. The second-order valence-electron chi connectivity index (χ2n) is 10.4. The first-order chi connectivity index (χ1) is 17.3. The molecule has 7 nitrogen and oxygen atoms in total. The third-order valence-corrected chi connectivity index (χ3v) is 8.47. The lowest BCUT2D eigenvalue weighted by molar-refractivity contribution is -0.143. The fourth-order valence-corrected chi connectivity index (χ4v) is 6.85. The van der Waals surface area contributed by atoms with Crippen molar-refractivity contribution in [3.63, 3.8) is 0 Å². The molecule has 2 amide bonds. The van der Waals surface area contributed by atoms with E-state index >= 15 is 0 Å². The molecule has 5 rings (SSSR count). The third kappa shape index (κ3) is 3.88. The van der Waals surface area contributed by atoms with E-state index in [0.29, 0.717) is 12.1 Å². The summed E-state index contributed by atoms with van der Waals surface area (Å²) in [7, 11) is 0. The van der Waals surface area contributed by atoms with E-state index in [4.69, 9.17) is 0 Å². The summed E-state index contributed by atoms with van der Waals surface area (Å²) in [6.45, 7) is 1.89.